The van der Waals surface area contributed by atoms with Gasteiger partial charge in [0.1, 0.15) is 17.5 Å². The van der Waals surface area contributed by atoms with Crippen molar-refractivity contribution in [1.29, 1.82) is 0 Å². The minimum Gasteiger partial charge on any atom is -0.370 e. The van der Waals surface area contributed by atoms with Gasteiger partial charge in [0.2, 0.25) is 0 Å². The van der Waals surface area contributed by atoms with Gasteiger partial charge in [-0.2, -0.15) is 0 Å². The molecule has 1 atom stereocenters. The van der Waals surface area contributed by atoms with E-state index in [4.69, 9.17) is 9.97 Å². The second-order valence-corrected chi connectivity index (χ2v) is 6.68. The zero-order valence-electron chi connectivity index (χ0n) is 14.4. The molecule has 1 aliphatic carbocycles. The Morgan fingerprint density at radius 2 is 1.90 bits per heavy atom. The van der Waals surface area contributed by atoms with Crippen LogP contribution in [0.1, 0.15) is 64.3 Å². The van der Waals surface area contributed by atoms with E-state index in [-0.39, 0.29) is 0 Å². The van der Waals surface area contributed by atoms with E-state index in [0.29, 0.717) is 17.9 Å². The van der Waals surface area contributed by atoms with Gasteiger partial charge in [-0.25, -0.2) is 9.97 Å². The van der Waals surface area contributed by atoms with Crippen molar-refractivity contribution in [2.45, 2.75) is 65.8 Å². The molecule has 0 aromatic carbocycles. The molecule has 2 rings (SSSR count). The summed E-state index contributed by atoms with van der Waals surface area (Å²) < 4.78 is 0. The van der Waals surface area contributed by atoms with Crippen molar-refractivity contribution in [2.75, 3.05) is 23.8 Å². The Morgan fingerprint density at radius 1 is 1.24 bits per heavy atom. The molecular weight excluding hydrogens is 260 g/mol. The summed E-state index contributed by atoms with van der Waals surface area (Å²) in [5.41, 5.74) is 1.17. The summed E-state index contributed by atoms with van der Waals surface area (Å²) in [7, 11) is 2.15. The third-order valence-corrected chi connectivity index (χ3v) is 4.53. The van der Waals surface area contributed by atoms with Crippen LogP contribution in [0.15, 0.2) is 0 Å². The predicted molar refractivity (Wildman–Crippen MR) is 90.2 cm³/mol. The maximum Gasteiger partial charge on any atom is 0.137 e. The first-order valence-corrected chi connectivity index (χ1v) is 8.30. The molecule has 0 aliphatic heterocycles. The van der Waals surface area contributed by atoms with Crippen LogP contribution in [0.3, 0.4) is 0 Å². The fraction of sp³-hybridized carbons (Fsp3) is 0.765. The van der Waals surface area contributed by atoms with Crippen molar-refractivity contribution >= 4 is 11.6 Å². The van der Waals surface area contributed by atoms with Crippen LogP contribution in [0.5, 0.6) is 0 Å². The Morgan fingerprint density at radius 3 is 2.43 bits per heavy atom. The third kappa shape index (κ3) is 3.66. The molecule has 21 heavy (non-hydrogen) atoms. The van der Waals surface area contributed by atoms with Crippen molar-refractivity contribution in [3.05, 3.63) is 11.4 Å². The lowest BCUT2D eigenvalue weighted by Gasteiger charge is -2.31. The Labute approximate surface area is 129 Å². The van der Waals surface area contributed by atoms with Crippen LogP contribution in [0.4, 0.5) is 11.6 Å². The maximum atomic E-state index is 4.88. The quantitative estimate of drug-likeness (QED) is 0.825. The molecule has 1 fully saturated rings. The van der Waals surface area contributed by atoms with Gasteiger partial charge in [0, 0.05) is 31.1 Å². The van der Waals surface area contributed by atoms with Crippen molar-refractivity contribution < 1.29 is 0 Å². The molecular formula is C17H30N4. The molecule has 1 unspecified atom stereocenters. The highest BCUT2D eigenvalue weighted by Crippen LogP contribution is 2.40. The molecule has 1 heterocycles. The van der Waals surface area contributed by atoms with Gasteiger partial charge in [0.05, 0.1) is 0 Å². The number of nitrogens with one attached hydrogen (secondary N) is 1. The highest BCUT2D eigenvalue weighted by Gasteiger charge is 2.29. The lowest BCUT2D eigenvalue weighted by molar-refractivity contribution is 0.501. The molecule has 4 heteroatoms. The normalized spacial score (nSPS) is 16.1. The zero-order valence-corrected chi connectivity index (χ0v) is 14.4. The second-order valence-electron chi connectivity index (χ2n) is 6.68. The topological polar surface area (TPSA) is 41.1 Å². The molecule has 0 saturated heterocycles. The van der Waals surface area contributed by atoms with Crippen LogP contribution in [-0.2, 0) is 0 Å². The van der Waals surface area contributed by atoms with E-state index in [2.05, 4.69) is 51.9 Å². The zero-order chi connectivity index (χ0) is 15.6. The number of nitrogens with zero attached hydrogens (tertiary/aromatic N) is 3. The first-order valence-electron chi connectivity index (χ1n) is 8.30. The molecule has 1 aromatic rings. The summed E-state index contributed by atoms with van der Waals surface area (Å²) in [6, 6.07) is 0.463. The molecule has 0 spiro atoms. The van der Waals surface area contributed by atoms with Gasteiger partial charge >= 0.3 is 0 Å². The molecule has 1 aliphatic rings. The largest absolute Gasteiger partial charge is 0.370 e. The van der Waals surface area contributed by atoms with E-state index < -0.39 is 0 Å². The van der Waals surface area contributed by atoms with Gasteiger partial charge in [0.25, 0.3) is 0 Å². The van der Waals surface area contributed by atoms with Gasteiger partial charge in [-0.1, -0.05) is 20.8 Å². The summed E-state index contributed by atoms with van der Waals surface area (Å²) in [5.74, 6) is 4.31. The van der Waals surface area contributed by atoms with Crippen LogP contribution in [0.2, 0.25) is 0 Å². The minimum absolute atomic E-state index is 0.463. The fourth-order valence-electron chi connectivity index (χ4n) is 2.44. The van der Waals surface area contributed by atoms with Gasteiger partial charge < -0.3 is 10.2 Å². The SMILES string of the molecule is CCCNc1nc(C2CC2)nc(N(C)C(C)C(C)C)c1C. The summed E-state index contributed by atoms with van der Waals surface area (Å²) >= 11 is 0. The smallest absolute Gasteiger partial charge is 0.137 e. The Hall–Kier alpha value is -1.32. The van der Waals surface area contributed by atoms with Gasteiger partial charge in [-0.15, -0.1) is 0 Å². The lowest BCUT2D eigenvalue weighted by Crippen LogP contribution is -2.34. The molecule has 1 N–H and O–H groups in total. The average Bonchev–Trinajstić information content (AvgIpc) is 3.29. The van der Waals surface area contributed by atoms with E-state index in [9.17, 15) is 0 Å². The molecule has 118 valence electrons. The maximum absolute atomic E-state index is 4.88. The highest BCUT2D eigenvalue weighted by molar-refractivity contribution is 5.59. The van der Waals surface area contributed by atoms with E-state index >= 15 is 0 Å². The molecule has 0 radical (unpaired) electrons. The van der Waals surface area contributed by atoms with E-state index in [1.807, 2.05) is 0 Å². The predicted octanol–water partition coefficient (Wildman–Crippen LogP) is 3.97. The van der Waals surface area contributed by atoms with Crippen molar-refractivity contribution in [3.63, 3.8) is 0 Å². The summed E-state index contributed by atoms with van der Waals surface area (Å²) in [4.78, 5) is 12.0. The Balaban J connectivity index is 2.35. The number of hydrogen-bond donors (Lipinski definition) is 1. The fourth-order valence-corrected chi connectivity index (χ4v) is 2.44. The lowest BCUT2D eigenvalue weighted by atomic mass is 10.0. The van der Waals surface area contributed by atoms with Gasteiger partial charge in [-0.05, 0) is 39.0 Å². The molecule has 1 aromatic heterocycles. The molecule has 0 amide bonds. The number of anilines is 2. The Bertz CT molecular complexity index is 480. The standard InChI is InChI=1S/C17H30N4/c1-7-10-18-15-12(4)17(21(6)13(5)11(2)3)20-16(19-15)14-8-9-14/h11,13-14H,7-10H2,1-6H3,(H,18,19,20). The number of hydrogen-bond acceptors (Lipinski definition) is 4. The van der Waals surface area contributed by atoms with E-state index in [1.54, 1.807) is 0 Å². The highest BCUT2D eigenvalue weighted by atomic mass is 15.2. The second kappa shape index (κ2) is 6.63. The van der Waals surface area contributed by atoms with Crippen LogP contribution < -0.4 is 10.2 Å². The van der Waals surface area contributed by atoms with Crippen LogP contribution >= 0.6 is 0 Å². The van der Waals surface area contributed by atoms with Crippen LogP contribution in [0, 0.1) is 12.8 Å². The Kier molecular flexibility index (Phi) is 5.07. The third-order valence-electron chi connectivity index (χ3n) is 4.53. The summed E-state index contributed by atoms with van der Waals surface area (Å²) in [5, 5.41) is 3.47. The van der Waals surface area contributed by atoms with Crippen molar-refractivity contribution in [1.82, 2.24) is 9.97 Å². The molecule has 1 saturated carbocycles. The molecule has 0 bridgehead atoms. The van der Waals surface area contributed by atoms with Crippen molar-refractivity contribution in [3.8, 4) is 0 Å². The minimum atomic E-state index is 0.463. The van der Waals surface area contributed by atoms with Gasteiger partial charge in [0.15, 0.2) is 0 Å². The monoisotopic (exact) mass is 290 g/mol. The molecule has 4 nitrogen and oxygen atoms in total. The summed E-state index contributed by atoms with van der Waals surface area (Å²) in [6.07, 6.45) is 3.58. The van der Waals surface area contributed by atoms with Crippen LogP contribution in [-0.4, -0.2) is 29.6 Å². The van der Waals surface area contributed by atoms with Crippen molar-refractivity contribution in [2.24, 2.45) is 5.92 Å². The van der Waals surface area contributed by atoms with Gasteiger partial charge in [-0.3, -0.25) is 0 Å². The average molecular weight is 290 g/mol. The van der Waals surface area contributed by atoms with Crippen LogP contribution in [0.25, 0.3) is 0 Å². The first kappa shape index (κ1) is 16.1. The van der Waals surface area contributed by atoms with E-state index in [0.717, 1.165) is 30.4 Å². The first-order chi connectivity index (χ1) is 9.95. The van der Waals surface area contributed by atoms with E-state index in [1.165, 1.54) is 18.4 Å². The number of rotatable bonds is 7. The summed E-state index contributed by atoms with van der Waals surface area (Å²) in [6.45, 7) is 12.1. The number of aromatic nitrogens is 2.